The molecule has 13 heteroatoms. The average molecular weight is 847 g/mol. The highest BCUT2D eigenvalue weighted by atomic mass is 16.5. The number of imidazole rings is 1. The number of H-pyrrole nitrogens is 1. The van der Waals surface area contributed by atoms with E-state index in [1.807, 2.05) is 95.1 Å². The predicted molar refractivity (Wildman–Crippen MR) is 238 cm³/mol. The molecule has 2 aliphatic rings. The Morgan fingerprint density at radius 3 is 2.05 bits per heavy atom. The van der Waals surface area contributed by atoms with E-state index in [9.17, 15) is 24.0 Å². The number of methoxy groups -OCH3 is 2. The maximum atomic E-state index is 13.9. The van der Waals surface area contributed by atoms with E-state index in [-0.39, 0.29) is 36.1 Å². The van der Waals surface area contributed by atoms with E-state index in [1.54, 1.807) is 4.90 Å². The number of esters is 1. The van der Waals surface area contributed by atoms with Gasteiger partial charge in [0.1, 0.15) is 17.9 Å². The van der Waals surface area contributed by atoms with Crippen molar-refractivity contribution >= 4 is 35.5 Å². The van der Waals surface area contributed by atoms with Crippen molar-refractivity contribution in [3.8, 4) is 11.3 Å². The minimum absolute atomic E-state index is 0.0360. The summed E-state index contributed by atoms with van der Waals surface area (Å²) in [7, 11) is 2.61. The van der Waals surface area contributed by atoms with Gasteiger partial charge < -0.3 is 34.9 Å². The van der Waals surface area contributed by atoms with Gasteiger partial charge in [-0.15, -0.1) is 0 Å². The summed E-state index contributed by atoms with van der Waals surface area (Å²) in [5, 5.41) is 5.69. The number of ether oxygens (including phenoxy) is 2. The molecule has 3 aromatic carbocycles. The molecule has 3 N–H and O–H groups in total. The van der Waals surface area contributed by atoms with Crippen molar-refractivity contribution in [3.63, 3.8) is 0 Å². The topological polar surface area (TPSA) is 163 Å². The number of benzene rings is 3. The van der Waals surface area contributed by atoms with Gasteiger partial charge in [-0.1, -0.05) is 108 Å². The molecule has 2 saturated heterocycles. The standard InChI is InChI=1S/C49H62N6O7/c1-48(2,3)37(29-41(56)61-7)45(58)54-26-12-16-39(54)43-50-30-38(52-43)34-22-20-33(21-23-34)36(32-14-10-9-11-15-32)28-31-18-24-35(25-19-31)51-44(57)40-17-13-27-55(40)46(59)42(49(4,5)6)53-47(60)62-8/h9-11,14-15,18-25,30,36-37,39-40,42H,12-13,16-17,26-29H2,1-8H3,(H,50,52)(H,51,57)(H,53,60)/t36?,37-,39+,40+,42-/m1/s1. The molecule has 13 nitrogen and oxygen atoms in total. The summed E-state index contributed by atoms with van der Waals surface area (Å²) in [6, 6.07) is 25.0. The lowest BCUT2D eigenvalue weighted by Crippen LogP contribution is -2.57. The Kier molecular flexibility index (Phi) is 14.2. The zero-order valence-corrected chi connectivity index (χ0v) is 37.3. The van der Waals surface area contributed by atoms with Crippen LogP contribution in [0.4, 0.5) is 10.5 Å². The summed E-state index contributed by atoms with van der Waals surface area (Å²) >= 11 is 0. The van der Waals surface area contributed by atoms with Crippen LogP contribution in [0, 0.1) is 16.7 Å². The minimum atomic E-state index is -0.852. The summed E-state index contributed by atoms with van der Waals surface area (Å²) in [6.07, 6.45) is 4.74. The van der Waals surface area contributed by atoms with Gasteiger partial charge in [-0.2, -0.15) is 0 Å². The second kappa shape index (κ2) is 19.4. The Hall–Kier alpha value is -5.98. The molecule has 0 aliphatic carbocycles. The number of rotatable bonds is 13. The number of aromatic nitrogens is 2. The molecule has 62 heavy (non-hydrogen) atoms. The summed E-state index contributed by atoms with van der Waals surface area (Å²) in [4.78, 5) is 77.2. The van der Waals surface area contributed by atoms with E-state index in [0.29, 0.717) is 31.6 Å². The van der Waals surface area contributed by atoms with Gasteiger partial charge in [0.2, 0.25) is 17.7 Å². The molecule has 0 saturated carbocycles. The lowest BCUT2D eigenvalue weighted by Gasteiger charge is -2.35. The Morgan fingerprint density at radius 2 is 1.42 bits per heavy atom. The lowest BCUT2D eigenvalue weighted by molar-refractivity contribution is -0.150. The van der Waals surface area contributed by atoms with Crippen molar-refractivity contribution in [1.29, 1.82) is 0 Å². The molecule has 0 radical (unpaired) electrons. The van der Waals surface area contributed by atoms with Gasteiger partial charge in [0, 0.05) is 24.7 Å². The van der Waals surface area contributed by atoms with Gasteiger partial charge in [-0.25, -0.2) is 9.78 Å². The molecule has 5 atom stereocenters. The monoisotopic (exact) mass is 846 g/mol. The van der Waals surface area contributed by atoms with Gasteiger partial charge in [0.15, 0.2) is 0 Å². The second-order valence-corrected chi connectivity index (χ2v) is 18.7. The van der Waals surface area contributed by atoms with Crippen LogP contribution in [0.25, 0.3) is 11.3 Å². The zero-order chi connectivity index (χ0) is 44.8. The Bertz CT molecular complexity index is 2190. The number of hydrogen-bond donors (Lipinski definition) is 3. The molecule has 3 heterocycles. The number of carbonyl (C=O) groups is 5. The smallest absolute Gasteiger partial charge is 0.407 e. The summed E-state index contributed by atoms with van der Waals surface area (Å²) in [5.41, 5.74) is 4.87. The average Bonchev–Trinajstić information content (AvgIpc) is 4.05. The van der Waals surface area contributed by atoms with Crippen LogP contribution >= 0.6 is 0 Å². The largest absolute Gasteiger partial charge is 0.469 e. The minimum Gasteiger partial charge on any atom is -0.469 e. The number of alkyl carbamates (subject to hydrolysis) is 1. The molecule has 330 valence electrons. The van der Waals surface area contributed by atoms with Crippen molar-refractivity contribution in [2.75, 3.05) is 32.6 Å². The molecule has 1 aromatic heterocycles. The molecular weight excluding hydrogens is 785 g/mol. The number of nitrogens with zero attached hydrogens (tertiary/aromatic N) is 3. The predicted octanol–water partition coefficient (Wildman–Crippen LogP) is 8.04. The molecule has 0 bridgehead atoms. The number of amides is 4. The third-order valence-electron chi connectivity index (χ3n) is 12.3. The van der Waals surface area contributed by atoms with E-state index in [0.717, 1.165) is 47.5 Å². The van der Waals surface area contributed by atoms with Crippen LogP contribution in [-0.4, -0.2) is 88.9 Å². The van der Waals surface area contributed by atoms with Crippen molar-refractivity contribution < 1.29 is 33.4 Å². The highest BCUT2D eigenvalue weighted by molar-refractivity contribution is 5.98. The highest BCUT2D eigenvalue weighted by Crippen LogP contribution is 2.38. The first kappa shape index (κ1) is 45.5. The molecule has 0 spiro atoms. The number of carbonyl (C=O) groups excluding carboxylic acids is 5. The molecule has 2 aliphatic heterocycles. The van der Waals surface area contributed by atoms with Crippen molar-refractivity contribution in [3.05, 3.63) is 108 Å². The van der Waals surface area contributed by atoms with Crippen molar-refractivity contribution in [2.45, 2.75) is 104 Å². The van der Waals surface area contributed by atoms with Crippen molar-refractivity contribution in [2.24, 2.45) is 16.7 Å². The molecule has 2 fully saturated rings. The maximum absolute atomic E-state index is 13.9. The van der Waals surface area contributed by atoms with Gasteiger partial charge >= 0.3 is 12.1 Å². The van der Waals surface area contributed by atoms with Crippen LogP contribution in [0.1, 0.15) is 108 Å². The molecule has 4 amide bonds. The Morgan fingerprint density at radius 1 is 0.774 bits per heavy atom. The van der Waals surface area contributed by atoms with Gasteiger partial charge in [0.25, 0.3) is 0 Å². The first-order valence-corrected chi connectivity index (χ1v) is 21.6. The number of aromatic amines is 1. The van der Waals surface area contributed by atoms with Gasteiger partial charge in [0.05, 0.1) is 44.5 Å². The normalized spacial score (nSPS) is 18.1. The van der Waals surface area contributed by atoms with Gasteiger partial charge in [-0.05, 0) is 77.3 Å². The Balaban J connectivity index is 1.13. The van der Waals surface area contributed by atoms with Crippen LogP contribution in [0.2, 0.25) is 0 Å². The number of nitrogens with one attached hydrogen (secondary N) is 3. The van der Waals surface area contributed by atoms with E-state index in [1.165, 1.54) is 19.8 Å². The molecule has 6 rings (SSSR count). The zero-order valence-electron chi connectivity index (χ0n) is 37.3. The van der Waals surface area contributed by atoms with E-state index >= 15 is 0 Å². The van der Waals surface area contributed by atoms with Crippen molar-refractivity contribution in [1.82, 2.24) is 25.1 Å². The van der Waals surface area contributed by atoms with E-state index < -0.39 is 40.9 Å². The highest BCUT2D eigenvalue weighted by Gasteiger charge is 2.43. The molecule has 4 aromatic rings. The van der Waals surface area contributed by atoms with E-state index in [4.69, 9.17) is 14.5 Å². The quantitative estimate of drug-likeness (QED) is 0.114. The van der Waals surface area contributed by atoms with Gasteiger partial charge in [-0.3, -0.25) is 19.2 Å². The number of hydrogen-bond acceptors (Lipinski definition) is 8. The fraction of sp³-hybridized carbons (Fsp3) is 0.469. The third kappa shape index (κ3) is 10.7. The number of anilines is 1. The van der Waals surface area contributed by atoms with Crippen LogP contribution < -0.4 is 10.6 Å². The lowest BCUT2D eigenvalue weighted by atomic mass is 9.77. The maximum Gasteiger partial charge on any atom is 0.407 e. The fourth-order valence-electron chi connectivity index (χ4n) is 8.67. The van der Waals surface area contributed by atoms with Crippen LogP contribution in [-0.2, 0) is 35.1 Å². The Labute approximate surface area is 365 Å². The summed E-state index contributed by atoms with van der Waals surface area (Å²) < 4.78 is 9.70. The first-order chi connectivity index (χ1) is 29.5. The summed E-state index contributed by atoms with van der Waals surface area (Å²) in [6.45, 7) is 12.6. The van der Waals surface area contributed by atoms with Crippen LogP contribution in [0.3, 0.4) is 0 Å². The fourth-order valence-corrected chi connectivity index (χ4v) is 8.67. The van der Waals surface area contributed by atoms with Crippen LogP contribution in [0.5, 0.6) is 0 Å². The summed E-state index contributed by atoms with van der Waals surface area (Å²) in [5.74, 6) is -0.735. The first-order valence-electron chi connectivity index (χ1n) is 21.6. The van der Waals surface area contributed by atoms with Crippen LogP contribution in [0.15, 0.2) is 85.1 Å². The molecule has 1 unspecified atom stereocenters. The second-order valence-electron chi connectivity index (χ2n) is 18.7. The SMILES string of the molecule is COC(=O)C[C@H](C(=O)N1CCC[C@H]1c1ncc(-c2ccc(C(Cc3ccc(NC(=O)[C@@H]4CCCN4C(=O)[C@@H](NC(=O)OC)C(C)(C)C)cc3)c3ccccc3)cc2)[nH]1)C(C)(C)C. The third-order valence-corrected chi connectivity index (χ3v) is 12.3. The molecular formula is C49H62N6O7. The number of likely N-dealkylation sites (tertiary alicyclic amines) is 2. The van der Waals surface area contributed by atoms with E-state index in [2.05, 4.69) is 52.0 Å².